The molecule has 1 aromatic rings. The summed E-state index contributed by atoms with van der Waals surface area (Å²) in [5, 5.41) is 3.00. The molecular weight excluding hydrogens is 380 g/mol. The molecule has 0 bridgehead atoms. The smallest absolute Gasteiger partial charge is 0.252 e. The van der Waals surface area contributed by atoms with Gasteiger partial charge < -0.3 is 5.32 Å². The first-order valence-corrected chi connectivity index (χ1v) is 11.1. The van der Waals surface area contributed by atoms with Crippen molar-refractivity contribution in [1.82, 2.24) is 5.32 Å². The summed E-state index contributed by atoms with van der Waals surface area (Å²) in [6.45, 7) is 8.60. The standard InChI is InChI=1S/C26H33F2NO/c1-18(22-7-5-4-6-8-22)11-12-23-19(2)9-10-20(3)24(23)25(30)29-17-21-13-15-26(27,28)16-14-21/h7,9-12,21H,1,4-6,8,13-17H2,2-3H3,(H,29,30)/b12-11-. The van der Waals surface area contributed by atoms with Crippen LogP contribution in [0.5, 0.6) is 0 Å². The lowest BCUT2D eigenvalue weighted by atomic mass is 9.86. The molecule has 0 unspecified atom stereocenters. The molecule has 1 amide bonds. The number of nitrogens with one attached hydrogen (secondary N) is 1. The maximum atomic E-state index is 13.4. The first-order valence-electron chi connectivity index (χ1n) is 11.1. The Kier molecular flexibility index (Phi) is 7.27. The van der Waals surface area contributed by atoms with Gasteiger partial charge in [-0.25, -0.2) is 8.78 Å². The summed E-state index contributed by atoms with van der Waals surface area (Å²) in [5.74, 6) is -2.55. The second-order valence-electron chi connectivity index (χ2n) is 8.83. The van der Waals surface area contributed by atoms with Gasteiger partial charge in [-0.2, -0.15) is 0 Å². The summed E-state index contributed by atoms with van der Waals surface area (Å²) in [4.78, 5) is 13.0. The number of benzene rings is 1. The van der Waals surface area contributed by atoms with Gasteiger partial charge in [-0.05, 0) is 86.1 Å². The molecule has 0 heterocycles. The first kappa shape index (κ1) is 22.5. The molecule has 0 spiro atoms. The van der Waals surface area contributed by atoms with Gasteiger partial charge in [-0.3, -0.25) is 4.79 Å². The third kappa shape index (κ3) is 5.68. The molecule has 4 heteroatoms. The minimum absolute atomic E-state index is 0.0804. The minimum atomic E-state index is -2.54. The summed E-state index contributed by atoms with van der Waals surface area (Å²) >= 11 is 0. The molecule has 1 aromatic carbocycles. The van der Waals surface area contributed by atoms with E-state index in [0.717, 1.165) is 35.1 Å². The normalized spacial score (nSPS) is 19.5. The lowest BCUT2D eigenvalue weighted by Crippen LogP contribution is -2.34. The summed E-state index contributed by atoms with van der Waals surface area (Å²) in [5.41, 5.74) is 5.81. The van der Waals surface area contributed by atoms with Gasteiger partial charge in [0.05, 0.1) is 0 Å². The number of hydrogen-bond acceptors (Lipinski definition) is 1. The molecule has 0 aromatic heterocycles. The van der Waals surface area contributed by atoms with Crippen molar-refractivity contribution in [2.75, 3.05) is 6.54 Å². The topological polar surface area (TPSA) is 29.1 Å². The highest BCUT2D eigenvalue weighted by molar-refractivity contribution is 5.99. The quantitative estimate of drug-likeness (QED) is 0.503. The average molecular weight is 414 g/mol. The number of aryl methyl sites for hydroxylation is 2. The van der Waals surface area contributed by atoms with Gasteiger partial charge in [0.25, 0.3) is 5.91 Å². The summed E-state index contributed by atoms with van der Waals surface area (Å²) < 4.78 is 26.7. The molecule has 1 N–H and O–H groups in total. The van der Waals surface area contributed by atoms with Crippen LogP contribution in [0.2, 0.25) is 0 Å². The number of alkyl halides is 2. The van der Waals surface area contributed by atoms with E-state index >= 15 is 0 Å². The van der Waals surface area contributed by atoms with E-state index in [9.17, 15) is 13.6 Å². The van der Waals surface area contributed by atoms with Crippen molar-refractivity contribution in [3.8, 4) is 0 Å². The van der Waals surface area contributed by atoms with Crippen LogP contribution in [-0.2, 0) is 0 Å². The maximum Gasteiger partial charge on any atom is 0.252 e. The van der Waals surface area contributed by atoms with Crippen molar-refractivity contribution in [3.63, 3.8) is 0 Å². The molecule has 2 aliphatic rings. The molecule has 3 rings (SSSR count). The Balaban J connectivity index is 1.72. The lowest BCUT2D eigenvalue weighted by Gasteiger charge is -2.28. The fourth-order valence-electron chi connectivity index (χ4n) is 4.40. The van der Waals surface area contributed by atoms with Crippen LogP contribution in [0.3, 0.4) is 0 Å². The summed E-state index contributed by atoms with van der Waals surface area (Å²) in [7, 11) is 0. The third-order valence-electron chi connectivity index (χ3n) is 6.44. The van der Waals surface area contributed by atoms with Crippen LogP contribution in [0.4, 0.5) is 8.78 Å². The number of halogens is 2. The second kappa shape index (κ2) is 9.72. The van der Waals surface area contributed by atoms with E-state index < -0.39 is 5.92 Å². The van der Waals surface area contributed by atoms with Crippen LogP contribution in [0, 0.1) is 19.8 Å². The van der Waals surface area contributed by atoms with E-state index in [2.05, 4.69) is 18.0 Å². The molecular formula is C26H33F2NO. The van der Waals surface area contributed by atoms with Crippen molar-refractivity contribution in [2.45, 2.75) is 71.1 Å². The van der Waals surface area contributed by atoms with E-state index in [1.165, 1.54) is 18.4 Å². The van der Waals surface area contributed by atoms with Gasteiger partial charge >= 0.3 is 0 Å². The van der Waals surface area contributed by atoms with Crippen LogP contribution >= 0.6 is 0 Å². The van der Waals surface area contributed by atoms with Gasteiger partial charge in [0.2, 0.25) is 5.92 Å². The van der Waals surface area contributed by atoms with Crippen molar-refractivity contribution < 1.29 is 13.6 Å². The summed E-state index contributed by atoms with van der Waals surface area (Å²) in [6.07, 6.45) is 11.6. The number of carbonyl (C=O) groups is 1. The Morgan fingerprint density at radius 2 is 1.90 bits per heavy atom. The monoisotopic (exact) mass is 413 g/mol. The zero-order chi connectivity index (χ0) is 21.7. The van der Waals surface area contributed by atoms with Crippen LogP contribution in [0.1, 0.15) is 78.4 Å². The highest BCUT2D eigenvalue weighted by atomic mass is 19.3. The largest absolute Gasteiger partial charge is 0.352 e. The van der Waals surface area contributed by atoms with Crippen molar-refractivity contribution >= 4 is 12.0 Å². The van der Waals surface area contributed by atoms with Crippen LogP contribution < -0.4 is 5.32 Å². The Hall–Kier alpha value is -2.23. The van der Waals surface area contributed by atoms with Gasteiger partial charge in [0.1, 0.15) is 0 Å². The predicted octanol–water partition coefficient (Wildman–Crippen LogP) is 6.93. The molecule has 162 valence electrons. The van der Waals surface area contributed by atoms with Crippen molar-refractivity contribution in [1.29, 1.82) is 0 Å². The second-order valence-corrected chi connectivity index (χ2v) is 8.83. The Labute approximate surface area is 179 Å². The van der Waals surface area contributed by atoms with Crippen LogP contribution in [-0.4, -0.2) is 18.4 Å². The van der Waals surface area contributed by atoms with Gasteiger partial charge in [0.15, 0.2) is 0 Å². The zero-order valence-electron chi connectivity index (χ0n) is 18.2. The first-order chi connectivity index (χ1) is 14.3. The van der Waals surface area contributed by atoms with Crippen LogP contribution in [0.15, 0.2) is 42.0 Å². The SMILES string of the molecule is C=C(/C=C\c1c(C)ccc(C)c1C(=O)NCC1CCC(F)(F)CC1)C1=CCCCC1. The number of rotatable bonds is 6. The van der Waals surface area contributed by atoms with E-state index in [0.29, 0.717) is 24.9 Å². The lowest BCUT2D eigenvalue weighted by molar-refractivity contribution is -0.0452. The highest BCUT2D eigenvalue weighted by Crippen LogP contribution is 2.36. The van der Waals surface area contributed by atoms with E-state index in [1.807, 2.05) is 38.1 Å². The van der Waals surface area contributed by atoms with Gasteiger partial charge in [-0.1, -0.05) is 36.9 Å². The Bertz CT molecular complexity index is 856. The van der Waals surface area contributed by atoms with Crippen molar-refractivity contribution in [2.24, 2.45) is 5.92 Å². The summed E-state index contributed by atoms with van der Waals surface area (Å²) in [6, 6.07) is 3.98. The maximum absolute atomic E-state index is 13.4. The molecule has 0 saturated heterocycles. The van der Waals surface area contributed by atoms with Gasteiger partial charge in [-0.15, -0.1) is 0 Å². The van der Waals surface area contributed by atoms with E-state index in [1.54, 1.807) is 0 Å². The molecule has 0 aliphatic heterocycles. The number of carbonyl (C=O) groups excluding carboxylic acids is 1. The fourth-order valence-corrected chi connectivity index (χ4v) is 4.40. The average Bonchev–Trinajstić information content (AvgIpc) is 2.73. The molecule has 2 nitrogen and oxygen atoms in total. The third-order valence-corrected chi connectivity index (χ3v) is 6.44. The molecule has 1 fully saturated rings. The number of allylic oxidation sites excluding steroid dienone is 4. The zero-order valence-corrected chi connectivity index (χ0v) is 18.2. The predicted molar refractivity (Wildman–Crippen MR) is 120 cm³/mol. The molecule has 2 aliphatic carbocycles. The van der Waals surface area contributed by atoms with Gasteiger partial charge in [0, 0.05) is 24.9 Å². The van der Waals surface area contributed by atoms with E-state index in [-0.39, 0.29) is 24.7 Å². The molecule has 1 saturated carbocycles. The fraction of sp³-hybridized carbons (Fsp3) is 0.500. The van der Waals surface area contributed by atoms with E-state index in [4.69, 9.17) is 0 Å². The number of amides is 1. The number of hydrogen-bond donors (Lipinski definition) is 1. The Morgan fingerprint density at radius 1 is 1.20 bits per heavy atom. The minimum Gasteiger partial charge on any atom is -0.352 e. The molecule has 0 atom stereocenters. The molecule has 30 heavy (non-hydrogen) atoms. The Morgan fingerprint density at radius 3 is 2.57 bits per heavy atom. The highest BCUT2D eigenvalue weighted by Gasteiger charge is 2.34. The van der Waals surface area contributed by atoms with Crippen molar-refractivity contribution in [3.05, 3.63) is 64.3 Å². The molecule has 0 radical (unpaired) electrons. The van der Waals surface area contributed by atoms with Crippen LogP contribution in [0.25, 0.3) is 6.08 Å².